The van der Waals surface area contributed by atoms with Crippen molar-refractivity contribution in [1.82, 2.24) is 0 Å². The summed E-state index contributed by atoms with van der Waals surface area (Å²) in [6, 6.07) is 0. The number of carbonyl (C=O) groups excluding carboxylic acids is 1. The van der Waals surface area contributed by atoms with Crippen LogP contribution in [0.5, 0.6) is 0 Å². The Kier molecular flexibility index (Phi) is 5.55. The van der Waals surface area contributed by atoms with Gasteiger partial charge < -0.3 is 10.8 Å². The van der Waals surface area contributed by atoms with Crippen molar-refractivity contribution in [3.05, 3.63) is 11.0 Å². The predicted molar refractivity (Wildman–Crippen MR) is 49.8 cm³/mol. The zero-order valence-electron chi connectivity index (χ0n) is 7.71. The fraction of sp³-hybridized carbons (Fsp3) is 0.571. The first kappa shape index (κ1) is 13.2. The second-order valence-corrected chi connectivity index (χ2v) is 4.10. The van der Waals surface area contributed by atoms with Crippen LogP contribution in [0.3, 0.4) is 0 Å². The number of nitrogens with two attached hydrogens (primary N) is 1. The minimum Gasteiger partial charge on any atom is -0.389 e. The molecular formula is C7H13NO5S. The van der Waals surface area contributed by atoms with Gasteiger partial charge in [-0.25, -0.2) is 0 Å². The Morgan fingerprint density at radius 1 is 1.64 bits per heavy atom. The largest absolute Gasteiger partial charge is 0.389 e. The first-order valence-electron chi connectivity index (χ1n) is 3.82. The van der Waals surface area contributed by atoms with Crippen molar-refractivity contribution >= 4 is 16.4 Å². The van der Waals surface area contributed by atoms with Gasteiger partial charge in [-0.3, -0.25) is 8.98 Å². The van der Waals surface area contributed by atoms with Gasteiger partial charge in [0.15, 0.2) is 0 Å². The monoisotopic (exact) mass is 223 g/mol. The summed E-state index contributed by atoms with van der Waals surface area (Å²) in [5, 5.41) is 9.59. The molecule has 0 saturated carbocycles. The Labute approximate surface area is 82.5 Å². The van der Waals surface area contributed by atoms with E-state index in [0.29, 0.717) is 11.7 Å². The molecule has 3 N–H and O–H groups in total. The van der Waals surface area contributed by atoms with Crippen LogP contribution in [0.15, 0.2) is 11.0 Å². The Balaban J connectivity index is 4.30. The summed E-state index contributed by atoms with van der Waals surface area (Å²) >= 11 is 0. The summed E-state index contributed by atoms with van der Waals surface area (Å²) in [6.07, 6.45) is -0.644. The molecule has 0 aliphatic heterocycles. The third kappa shape index (κ3) is 5.81. The Morgan fingerprint density at radius 3 is 2.64 bits per heavy atom. The van der Waals surface area contributed by atoms with Crippen molar-refractivity contribution in [2.24, 2.45) is 5.73 Å². The molecule has 0 aromatic carbocycles. The Bertz CT molecular complexity index is 308. The molecule has 0 bridgehead atoms. The maximum atomic E-state index is 11.0. The number of hydrogen-bond donors (Lipinski definition) is 2. The third-order valence-electron chi connectivity index (χ3n) is 1.21. The normalized spacial score (nSPS) is 15.2. The van der Waals surface area contributed by atoms with E-state index in [-0.39, 0.29) is 12.1 Å². The fourth-order valence-electron chi connectivity index (χ4n) is 0.531. The first-order chi connectivity index (χ1) is 6.41. The summed E-state index contributed by atoms with van der Waals surface area (Å²) in [7, 11) is -3.91. The van der Waals surface area contributed by atoms with Crippen LogP contribution < -0.4 is 5.73 Å². The summed E-state index contributed by atoms with van der Waals surface area (Å²) in [5.41, 5.74) is 5.05. The van der Waals surface area contributed by atoms with Crippen LogP contribution >= 0.6 is 0 Å². The van der Waals surface area contributed by atoms with Gasteiger partial charge in [0, 0.05) is 12.1 Å². The van der Waals surface area contributed by atoms with Gasteiger partial charge >= 0.3 is 0 Å². The highest BCUT2D eigenvalue weighted by atomic mass is 32.2. The van der Waals surface area contributed by atoms with E-state index in [9.17, 15) is 13.2 Å². The van der Waals surface area contributed by atoms with Crippen molar-refractivity contribution in [2.45, 2.75) is 13.0 Å². The van der Waals surface area contributed by atoms with Crippen LogP contribution in [0.2, 0.25) is 0 Å². The zero-order chi connectivity index (χ0) is 11.2. The summed E-state index contributed by atoms with van der Waals surface area (Å²) in [5.74, 6) is 0. The van der Waals surface area contributed by atoms with E-state index >= 15 is 0 Å². The van der Waals surface area contributed by atoms with Crippen molar-refractivity contribution in [3.8, 4) is 0 Å². The molecule has 0 radical (unpaired) electrons. The molecule has 7 heteroatoms. The molecule has 0 aromatic heterocycles. The number of allylic oxidation sites excluding steroid dienone is 1. The molecule has 0 amide bonds. The molecule has 14 heavy (non-hydrogen) atoms. The molecule has 82 valence electrons. The third-order valence-corrected chi connectivity index (χ3v) is 2.34. The van der Waals surface area contributed by atoms with Crippen LogP contribution in [-0.4, -0.2) is 39.1 Å². The topological polar surface area (TPSA) is 107 Å². The van der Waals surface area contributed by atoms with Crippen molar-refractivity contribution in [2.75, 3.05) is 13.2 Å². The quantitative estimate of drug-likeness (QED) is 0.331. The fourth-order valence-corrected chi connectivity index (χ4v) is 1.46. The van der Waals surface area contributed by atoms with Gasteiger partial charge in [0.05, 0.1) is 18.1 Å². The highest BCUT2D eigenvalue weighted by molar-refractivity contribution is 7.89. The van der Waals surface area contributed by atoms with Gasteiger partial charge in [0.2, 0.25) is 0 Å². The maximum Gasteiger partial charge on any atom is 0.290 e. The van der Waals surface area contributed by atoms with Crippen molar-refractivity contribution < 1.29 is 22.5 Å². The van der Waals surface area contributed by atoms with Crippen LogP contribution in [0.4, 0.5) is 0 Å². The maximum absolute atomic E-state index is 11.0. The molecule has 0 saturated heterocycles. The molecule has 0 heterocycles. The van der Waals surface area contributed by atoms with E-state index in [0.717, 1.165) is 0 Å². The van der Waals surface area contributed by atoms with Crippen LogP contribution in [0.25, 0.3) is 0 Å². The number of aliphatic hydroxyl groups excluding tert-OH is 1. The molecule has 0 rings (SSSR count). The molecule has 1 atom stereocenters. The summed E-state index contributed by atoms with van der Waals surface area (Å²) in [6.45, 7) is 0.820. The summed E-state index contributed by atoms with van der Waals surface area (Å²) < 4.78 is 26.4. The van der Waals surface area contributed by atoms with Gasteiger partial charge in [-0.1, -0.05) is 0 Å². The summed E-state index contributed by atoms with van der Waals surface area (Å²) in [4.78, 5) is 10.1. The van der Waals surface area contributed by atoms with E-state index in [1.807, 2.05) is 0 Å². The lowest BCUT2D eigenvalue weighted by Crippen LogP contribution is -2.26. The molecule has 6 nitrogen and oxygen atoms in total. The standard InChI is InChI=1S/C7H13NO5S/c1-6(3-9)5-14(11,12)13-4-7(10)2-8/h3,5,7,10H,2,4,8H2,1H3. The van der Waals surface area contributed by atoms with Crippen LogP contribution in [0.1, 0.15) is 6.92 Å². The van der Waals surface area contributed by atoms with Gasteiger partial charge in [0.25, 0.3) is 10.1 Å². The number of carbonyl (C=O) groups is 1. The predicted octanol–water partition coefficient (Wildman–Crippen LogP) is -1.24. The van der Waals surface area contributed by atoms with Gasteiger partial charge in [-0.2, -0.15) is 8.42 Å². The van der Waals surface area contributed by atoms with Crippen LogP contribution in [0, 0.1) is 0 Å². The molecular weight excluding hydrogens is 210 g/mol. The number of aldehydes is 1. The molecule has 0 fully saturated rings. The molecule has 0 aliphatic rings. The van der Waals surface area contributed by atoms with Crippen LogP contribution in [-0.2, 0) is 19.1 Å². The smallest absolute Gasteiger partial charge is 0.290 e. The lowest BCUT2D eigenvalue weighted by atomic mass is 10.4. The number of hydrogen-bond acceptors (Lipinski definition) is 6. The lowest BCUT2D eigenvalue weighted by Gasteiger charge is -2.06. The van der Waals surface area contributed by atoms with Gasteiger partial charge in [-0.15, -0.1) is 0 Å². The molecule has 0 aliphatic carbocycles. The van der Waals surface area contributed by atoms with E-state index in [2.05, 4.69) is 4.18 Å². The minimum absolute atomic E-state index is 0.0206. The second-order valence-electron chi connectivity index (χ2n) is 2.65. The number of aliphatic hydroxyl groups is 1. The van der Waals surface area contributed by atoms with E-state index in [4.69, 9.17) is 10.8 Å². The van der Waals surface area contributed by atoms with Crippen molar-refractivity contribution in [3.63, 3.8) is 0 Å². The van der Waals surface area contributed by atoms with Gasteiger partial charge in [0.1, 0.15) is 6.29 Å². The van der Waals surface area contributed by atoms with E-state index < -0.39 is 22.8 Å². The van der Waals surface area contributed by atoms with E-state index in [1.54, 1.807) is 0 Å². The molecule has 0 aromatic rings. The Hall–Kier alpha value is -0.760. The Morgan fingerprint density at radius 2 is 2.21 bits per heavy atom. The lowest BCUT2D eigenvalue weighted by molar-refractivity contribution is -0.104. The van der Waals surface area contributed by atoms with Gasteiger partial charge in [-0.05, 0) is 6.92 Å². The minimum atomic E-state index is -3.91. The highest BCUT2D eigenvalue weighted by Crippen LogP contribution is 2.00. The van der Waals surface area contributed by atoms with Crippen molar-refractivity contribution in [1.29, 1.82) is 0 Å². The number of rotatable bonds is 6. The average molecular weight is 223 g/mol. The first-order valence-corrected chi connectivity index (χ1v) is 5.29. The SMILES string of the molecule is CC(C=O)=CS(=O)(=O)OCC(O)CN. The van der Waals surface area contributed by atoms with E-state index in [1.165, 1.54) is 6.92 Å². The second kappa shape index (κ2) is 5.86. The molecule has 1 unspecified atom stereocenters. The molecule has 0 spiro atoms. The highest BCUT2D eigenvalue weighted by Gasteiger charge is 2.11. The zero-order valence-corrected chi connectivity index (χ0v) is 8.53. The average Bonchev–Trinajstić information content (AvgIpc) is 2.13.